The van der Waals surface area contributed by atoms with Gasteiger partial charge in [-0.3, -0.25) is 0 Å². The summed E-state index contributed by atoms with van der Waals surface area (Å²) in [6, 6.07) is 10.7. The minimum absolute atomic E-state index is 0.250. The summed E-state index contributed by atoms with van der Waals surface area (Å²) in [5.41, 5.74) is 1.68. The van der Waals surface area contributed by atoms with Crippen LogP contribution in [0.3, 0.4) is 0 Å². The molecule has 1 aromatic carbocycles. The molecule has 0 N–H and O–H groups in total. The van der Waals surface area contributed by atoms with Crippen molar-refractivity contribution >= 4 is 20.8 Å². The Morgan fingerprint density at radius 3 is 2.00 bits per heavy atom. The van der Waals surface area contributed by atoms with Gasteiger partial charge in [0.05, 0.1) is 20.8 Å². The molecule has 0 fully saturated rings. The van der Waals surface area contributed by atoms with Crippen LogP contribution in [0.1, 0.15) is 19.4 Å². The predicted molar refractivity (Wildman–Crippen MR) is 61.2 cm³/mol. The molecule has 0 spiro atoms. The third-order valence-electron chi connectivity index (χ3n) is 2.60. The molecule has 0 atom stereocenters. The fraction of sp³-hybridized carbons (Fsp3) is 0.333. The van der Waals surface area contributed by atoms with Gasteiger partial charge < -0.3 is 4.23 Å². The Balaban J connectivity index is 2.98. The fourth-order valence-electron chi connectivity index (χ4n) is 1.10. The maximum Gasteiger partial charge on any atom is 0.0706 e. The summed E-state index contributed by atoms with van der Waals surface area (Å²) < 4.78 is 2.50. The van der Waals surface area contributed by atoms with E-state index < -0.39 is 0 Å². The molecular formula is C9H17NSi2. The molecule has 1 nitrogen and oxygen atoms in total. The lowest BCUT2D eigenvalue weighted by Crippen LogP contribution is -2.37. The molecule has 0 radical (unpaired) electrons. The zero-order chi connectivity index (χ0) is 9.19. The third-order valence-corrected chi connectivity index (χ3v) is 4.83. The minimum Gasteiger partial charge on any atom is -0.352 e. The van der Waals surface area contributed by atoms with Crippen molar-refractivity contribution < 1.29 is 0 Å². The van der Waals surface area contributed by atoms with Gasteiger partial charge in [-0.25, -0.2) is 0 Å². The first-order valence-corrected chi connectivity index (χ1v) is 6.07. The Labute approximate surface area is 80.8 Å². The monoisotopic (exact) mass is 195 g/mol. The number of nitrogens with zero attached hydrogens (tertiary/aromatic N) is 1. The molecule has 0 heterocycles. The predicted octanol–water partition coefficient (Wildman–Crippen LogP) is -0.216. The van der Waals surface area contributed by atoms with E-state index in [1.165, 1.54) is 5.56 Å². The van der Waals surface area contributed by atoms with Crippen LogP contribution in [0, 0.1) is 0 Å². The van der Waals surface area contributed by atoms with E-state index in [1.54, 1.807) is 0 Å². The van der Waals surface area contributed by atoms with Gasteiger partial charge in [0, 0.05) is 5.54 Å². The molecular weight excluding hydrogens is 178 g/mol. The van der Waals surface area contributed by atoms with Gasteiger partial charge in [-0.2, -0.15) is 0 Å². The second-order valence-corrected chi connectivity index (χ2v) is 8.29. The second kappa shape index (κ2) is 3.55. The van der Waals surface area contributed by atoms with Gasteiger partial charge in [-0.05, 0) is 19.4 Å². The van der Waals surface area contributed by atoms with E-state index in [1.807, 2.05) is 0 Å². The molecule has 3 heteroatoms. The van der Waals surface area contributed by atoms with Crippen molar-refractivity contribution in [2.24, 2.45) is 0 Å². The zero-order valence-corrected chi connectivity index (χ0v) is 12.3. The van der Waals surface area contributed by atoms with E-state index in [2.05, 4.69) is 48.4 Å². The van der Waals surface area contributed by atoms with Crippen LogP contribution in [-0.2, 0) is 5.54 Å². The smallest absolute Gasteiger partial charge is 0.0706 e. The highest BCUT2D eigenvalue weighted by Gasteiger charge is 2.21. The maximum atomic E-state index is 2.50. The highest BCUT2D eigenvalue weighted by Crippen LogP contribution is 2.23. The van der Waals surface area contributed by atoms with E-state index >= 15 is 0 Å². The summed E-state index contributed by atoms with van der Waals surface area (Å²) in [6.07, 6.45) is 0. The summed E-state index contributed by atoms with van der Waals surface area (Å²) in [5.74, 6) is 0. The molecule has 0 saturated carbocycles. The van der Waals surface area contributed by atoms with Gasteiger partial charge in [0.1, 0.15) is 0 Å². The van der Waals surface area contributed by atoms with Crippen molar-refractivity contribution in [1.29, 1.82) is 0 Å². The molecule has 0 aromatic heterocycles. The van der Waals surface area contributed by atoms with Crippen molar-refractivity contribution in [2.45, 2.75) is 19.4 Å². The van der Waals surface area contributed by atoms with Crippen LogP contribution >= 0.6 is 0 Å². The zero-order valence-electron chi connectivity index (χ0n) is 8.33. The lowest BCUT2D eigenvalue weighted by atomic mass is 9.96. The van der Waals surface area contributed by atoms with Crippen LogP contribution in [0.25, 0.3) is 0 Å². The molecule has 0 bridgehead atoms. The summed E-state index contributed by atoms with van der Waals surface area (Å²) in [5, 5.41) is 0. The molecule has 0 saturated heterocycles. The fourth-order valence-corrected chi connectivity index (χ4v) is 1.62. The molecule has 1 rings (SSSR count). The first-order valence-electron chi connectivity index (χ1n) is 4.28. The lowest BCUT2D eigenvalue weighted by molar-refractivity contribution is 0.363. The normalized spacial score (nSPS) is 12.6. The summed E-state index contributed by atoms with van der Waals surface area (Å²) >= 11 is 0. The number of hydrogen-bond donors (Lipinski definition) is 0. The summed E-state index contributed by atoms with van der Waals surface area (Å²) in [6.45, 7) is 4.59. The average Bonchev–Trinajstić information content (AvgIpc) is 2.06. The molecule has 0 amide bonds. The van der Waals surface area contributed by atoms with Crippen LogP contribution in [0.5, 0.6) is 0 Å². The Hall–Kier alpha value is -0.386. The van der Waals surface area contributed by atoms with E-state index in [4.69, 9.17) is 0 Å². The first-order chi connectivity index (χ1) is 5.55. The maximum absolute atomic E-state index is 2.50. The van der Waals surface area contributed by atoms with Crippen molar-refractivity contribution in [1.82, 2.24) is 4.23 Å². The van der Waals surface area contributed by atoms with Gasteiger partial charge in [-0.15, -0.1) is 0 Å². The van der Waals surface area contributed by atoms with Gasteiger partial charge in [-0.1, -0.05) is 30.3 Å². The van der Waals surface area contributed by atoms with Crippen molar-refractivity contribution in [3.8, 4) is 0 Å². The van der Waals surface area contributed by atoms with Crippen molar-refractivity contribution in [3.05, 3.63) is 35.9 Å². The van der Waals surface area contributed by atoms with Gasteiger partial charge in [0.25, 0.3) is 0 Å². The molecule has 0 aliphatic rings. The third kappa shape index (κ3) is 1.85. The Bertz CT molecular complexity index is 244. The average molecular weight is 195 g/mol. The minimum atomic E-state index is 0.250. The van der Waals surface area contributed by atoms with E-state index in [0.29, 0.717) is 0 Å². The topological polar surface area (TPSA) is 3.24 Å². The van der Waals surface area contributed by atoms with Crippen LogP contribution in [0.4, 0.5) is 0 Å². The van der Waals surface area contributed by atoms with Crippen LogP contribution < -0.4 is 0 Å². The van der Waals surface area contributed by atoms with E-state index in [0.717, 1.165) is 20.8 Å². The number of rotatable bonds is 2. The van der Waals surface area contributed by atoms with Crippen LogP contribution in [0.15, 0.2) is 30.3 Å². The van der Waals surface area contributed by atoms with Gasteiger partial charge in [0.2, 0.25) is 0 Å². The summed E-state index contributed by atoms with van der Waals surface area (Å²) in [4.78, 5) is 0. The highest BCUT2D eigenvalue weighted by molar-refractivity contribution is 6.25. The molecule has 1 aromatic rings. The molecule has 0 unspecified atom stereocenters. The molecule has 0 aliphatic heterocycles. The van der Waals surface area contributed by atoms with E-state index in [-0.39, 0.29) is 5.54 Å². The standard InChI is InChI=1S/C9H17NSi2/c1-9(2,10(11)12)8-6-4-3-5-7-8/h3-7H,1-2,11-12H3. The Morgan fingerprint density at radius 1 is 1.08 bits per heavy atom. The number of benzene rings is 1. The largest absolute Gasteiger partial charge is 0.352 e. The molecule has 12 heavy (non-hydrogen) atoms. The summed E-state index contributed by atoms with van der Waals surface area (Å²) in [7, 11) is 2.31. The van der Waals surface area contributed by atoms with Gasteiger partial charge >= 0.3 is 0 Å². The Kier molecular flexibility index (Phi) is 2.87. The van der Waals surface area contributed by atoms with Crippen molar-refractivity contribution in [2.75, 3.05) is 0 Å². The number of hydrogen-bond acceptors (Lipinski definition) is 1. The van der Waals surface area contributed by atoms with E-state index in [9.17, 15) is 0 Å². The lowest BCUT2D eigenvalue weighted by Gasteiger charge is -2.34. The van der Waals surface area contributed by atoms with Crippen LogP contribution in [-0.4, -0.2) is 25.0 Å². The molecule has 0 aliphatic carbocycles. The first kappa shape index (κ1) is 9.70. The van der Waals surface area contributed by atoms with Crippen LogP contribution in [0.2, 0.25) is 0 Å². The SMILES string of the molecule is CC(C)(c1ccccc1)N([SiH3])[SiH3]. The second-order valence-electron chi connectivity index (χ2n) is 3.82. The van der Waals surface area contributed by atoms with Crippen molar-refractivity contribution in [3.63, 3.8) is 0 Å². The van der Waals surface area contributed by atoms with Gasteiger partial charge in [0.15, 0.2) is 0 Å². The highest BCUT2D eigenvalue weighted by atomic mass is 28.2. The Morgan fingerprint density at radius 2 is 1.58 bits per heavy atom. The quantitative estimate of drug-likeness (QED) is 0.590. The molecule has 66 valence electrons.